The summed E-state index contributed by atoms with van der Waals surface area (Å²) in [7, 11) is 1.81. The molecule has 0 aromatic carbocycles. The Morgan fingerprint density at radius 2 is 2.25 bits per heavy atom. The predicted molar refractivity (Wildman–Crippen MR) is 64.8 cm³/mol. The first-order chi connectivity index (χ1) is 7.63. The average Bonchev–Trinajstić information content (AvgIpc) is 2.61. The van der Waals surface area contributed by atoms with E-state index in [0.29, 0.717) is 29.0 Å². The van der Waals surface area contributed by atoms with Gasteiger partial charge < -0.3 is 19.5 Å². The van der Waals surface area contributed by atoms with Gasteiger partial charge in [-0.05, 0) is 15.9 Å². The molecule has 0 spiro atoms. The molecule has 86 valence electrons. The van der Waals surface area contributed by atoms with Crippen LogP contribution in [0.1, 0.15) is 0 Å². The van der Waals surface area contributed by atoms with Gasteiger partial charge in [-0.1, -0.05) is 0 Å². The predicted octanol–water partition coefficient (Wildman–Crippen LogP) is 1.54. The van der Waals surface area contributed by atoms with Crippen molar-refractivity contribution in [2.24, 2.45) is 5.73 Å². The molecule has 0 atom stereocenters. The van der Waals surface area contributed by atoms with Gasteiger partial charge >= 0.3 is 0 Å². The Balaban J connectivity index is 2.56. The summed E-state index contributed by atoms with van der Waals surface area (Å²) in [6, 6.07) is 1.40. The van der Waals surface area contributed by atoms with Gasteiger partial charge in [0.1, 0.15) is 6.26 Å². The standard InChI is InChI=1S/C10H11BrN2O3/c1-13(3-2-12)8-4-7(14)10-9(16-8)6(11)5-15-10/h4-5H,2-3,12H2,1H3. The van der Waals surface area contributed by atoms with Crippen molar-refractivity contribution in [3.8, 4) is 0 Å². The van der Waals surface area contributed by atoms with Crippen molar-refractivity contribution >= 4 is 33.0 Å². The van der Waals surface area contributed by atoms with Gasteiger partial charge in [-0.2, -0.15) is 0 Å². The lowest BCUT2D eigenvalue weighted by Crippen LogP contribution is -2.25. The van der Waals surface area contributed by atoms with Crippen LogP contribution in [0.3, 0.4) is 0 Å². The molecule has 16 heavy (non-hydrogen) atoms. The maximum absolute atomic E-state index is 11.7. The fraction of sp³-hybridized carbons (Fsp3) is 0.300. The highest BCUT2D eigenvalue weighted by Crippen LogP contribution is 2.26. The third kappa shape index (κ3) is 1.85. The van der Waals surface area contributed by atoms with Crippen LogP contribution in [0.5, 0.6) is 0 Å². The van der Waals surface area contributed by atoms with E-state index in [0.717, 1.165) is 0 Å². The smallest absolute Gasteiger partial charge is 0.230 e. The van der Waals surface area contributed by atoms with E-state index in [1.165, 1.54) is 12.3 Å². The number of furan rings is 1. The van der Waals surface area contributed by atoms with E-state index in [-0.39, 0.29) is 11.0 Å². The van der Waals surface area contributed by atoms with E-state index in [2.05, 4.69) is 15.9 Å². The van der Waals surface area contributed by atoms with E-state index in [1.807, 2.05) is 7.05 Å². The maximum Gasteiger partial charge on any atom is 0.230 e. The Morgan fingerprint density at radius 3 is 2.94 bits per heavy atom. The molecule has 0 radical (unpaired) electrons. The lowest BCUT2D eigenvalue weighted by atomic mass is 10.4. The molecule has 0 aliphatic heterocycles. The molecule has 0 aliphatic rings. The van der Waals surface area contributed by atoms with Crippen LogP contribution >= 0.6 is 15.9 Å². The van der Waals surface area contributed by atoms with Crippen molar-refractivity contribution in [3.05, 3.63) is 27.0 Å². The summed E-state index contributed by atoms with van der Waals surface area (Å²) in [6.45, 7) is 1.11. The van der Waals surface area contributed by atoms with Crippen LogP contribution in [0, 0.1) is 0 Å². The Kier molecular flexibility index (Phi) is 3.02. The molecule has 2 N–H and O–H groups in total. The van der Waals surface area contributed by atoms with Crippen LogP contribution in [-0.2, 0) is 0 Å². The van der Waals surface area contributed by atoms with Crippen LogP contribution in [0.2, 0.25) is 0 Å². The third-order valence-corrected chi connectivity index (χ3v) is 2.78. The van der Waals surface area contributed by atoms with Crippen molar-refractivity contribution in [1.29, 1.82) is 0 Å². The fourth-order valence-corrected chi connectivity index (χ4v) is 1.75. The SMILES string of the molecule is CN(CCN)c1cc(=O)c2occ(Br)c2o1. The average molecular weight is 287 g/mol. The van der Waals surface area contributed by atoms with Crippen LogP contribution < -0.4 is 16.1 Å². The van der Waals surface area contributed by atoms with Gasteiger partial charge in [0.05, 0.1) is 10.5 Å². The molecule has 5 nitrogen and oxygen atoms in total. The summed E-state index contributed by atoms with van der Waals surface area (Å²) in [5.74, 6) is 0.477. The summed E-state index contributed by atoms with van der Waals surface area (Å²) in [5.41, 5.74) is 5.88. The van der Waals surface area contributed by atoms with E-state index in [9.17, 15) is 4.79 Å². The zero-order chi connectivity index (χ0) is 11.7. The van der Waals surface area contributed by atoms with E-state index in [1.54, 1.807) is 4.90 Å². The summed E-state index contributed by atoms with van der Waals surface area (Å²) in [6.07, 6.45) is 1.43. The summed E-state index contributed by atoms with van der Waals surface area (Å²) in [4.78, 5) is 13.5. The minimum atomic E-state index is -0.203. The number of hydrogen-bond acceptors (Lipinski definition) is 5. The van der Waals surface area contributed by atoms with Crippen molar-refractivity contribution in [3.63, 3.8) is 0 Å². The first-order valence-electron chi connectivity index (χ1n) is 4.75. The van der Waals surface area contributed by atoms with Crippen LogP contribution in [0.15, 0.2) is 30.4 Å². The molecule has 2 aromatic heterocycles. The lowest BCUT2D eigenvalue weighted by molar-refractivity contribution is 0.569. The summed E-state index contributed by atoms with van der Waals surface area (Å²) in [5, 5.41) is 0. The molecule has 0 amide bonds. The largest absolute Gasteiger partial charge is 0.456 e. The second-order valence-corrected chi connectivity index (χ2v) is 4.26. The van der Waals surface area contributed by atoms with Gasteiger partial charge in [0.2, 0.25) is 11.0 Å². The molecule has 0 fully saturated rings. The molecule has 0 saturated heterocycles. The van der Waals surface area contributed by atoms with Crippen molar-refractivity contribution in [1.82, 2.24) is 0 Å². The Bertz CT molecular complexity index is 561. The van der Waals surface area contributed by atoms with Crippen molar-refractivity contribution < 1.29 is 8.83 Å². The highest BCUT2D eigenvalue weighted by molar-refractivity contribution is 9.10. The van der Waals surface area contributed by atoms with E-state index in [4.69, 9.17) is 14.6 Å². The molecule has 0 aliphatic carbocycles. The van der Waals surface area contributed by atoms with Gasteiger partial charge in [-0.3, -0.25) is 4.79 Å². The minimum absolute atomic E-state index is 0.203. The van der Waals surface area contributed by atoms with E-state index >= 15 is 0 Å². The first kappa shape index (κ1) is 11.2. The molecule has 2 rings (SSSR count). The Labute approximate surface area is 99.9 Å². The lowest BCUT2D eigenvalue weighted by Gasteiger charge is -2.15. The van der Waals surface area contributed by atoms with Crippen molar-refractivity contribution in [2.45, 2.75) is 0 Å². The molecular formula is C10H11BrN2O3. The van der Waals surface area contributed by atoms with Gasteiger partial charge in [0.25, 0.3) is 0 Å². The molecule has 2 heterocycles. The second kappa shape index (κ2) is 4.31. The quantitative estimate of drug-likeness (QED) is 0.927. The number of likely N-dealkylation sites (N-methyl/N-ethyl adjacent to an activating group) is 1. The van der Waals surface area contributed by atoms with Crippen molar-refractivity contribution in [2.75, 3.05) is 25.0 Å². The number of nitrogens with zero attached hydrogens (tertiary/aromatic N) is 1. The highest BCUT2D eigenvalue weighted by Gasteiger charge is 2.13. The number of halogens is 1. The number of rotatable bonds is 3. The van der Waals surface area contributed by atoms with Gasteiger partial charge in [0, 0.05) is 20.1 Å². The molecule has 6 heteroatoms. The summed E-state index contributed by atoms with van der Waals surface area (Å²) < 4.78 is 11.3. The van der Waals surface area contributed by atoms with E-state index < -0.39 is 0 Å². The second-order valence-electron chi connectivity index (χ2n) is 3.40. The number of fused-ring (bicyclic) bond motifs is 1. The highest BCUT2D eigenvalue weighted by atomic mass is 79.9. The number of nitrogens with two attached hydrogens (primary N) is 1. The van der Waals surface area contributed by atoms with Gasteiger partial charge in [-0.15, -0.1) is 0 Å². The molecular weight excluding hydrogens is 276 g/mol. The van der Waals surface area contributed by atoms with Gasteiger partial charge in [-0.25, -0.2) is 0 Å². The maximum atomic E-state index is 11.7. The van der Waals surface area contributed by atoms with Crippen LogP contribution in [0.25, 0.3) is 11.2 Å². The first-order valence-corrected chi connectivity index (χ1v) is 5.55. The minimum Gasteiger partial charge on any atom is -0.456 e. The number of anilines is 1. The fourth-order valence-electron chi connectivity index (χ4n) is 1.39. The molecule has 2 aromatic rings. The number of hydrogen-bond donors (Lipinski definition) is 1. The Hall–Kier alpha value is -1.27. The normalized spacial score (nSPS) is 10.9. The molecule has 0 saturated carbocycles. The van der Waals surface area contributed by atoms with Gasteiger partial charge in [0.15, 0.2) is 11.5 Å². The Morgan fingerprint density at radius 1 is 1.50 bits per heavy atom. The zero-order valence-corrected chi connectivity index (χ0v) is 10.3. The molecule has 0 bridgehead atoms. The molecule has 0 unspecified atom stereocenters. The third-order valence-electron chi connectivity index (χ3n) is 2.23. The van der Waals surface area contributed by atoms with Crippen LogP contribution in [0.4, 0.5) is 5.88 Å². The van der Waals surface area contributed by atoms with Crippen LogP contribution in [-0.4, -0.2) is 20.1 Å². The zero-order valence-electron chi connectivity index (χ0n) is 8.70. The summed E-state index contributed by atoms with van der Waals surface area (Å²) >= 11 is 3.25. The monoisotopic (exact) mass is 286 g/mol. The topological polar surface area (TPSA) is 72.6 Å².